The first-order chi connectivity index (χ1) is 13.8. The third-order valence-corrected chi connectivity index (χ3v) is 5.29. The van der Waals surface area contributed by atoms with Gasteiger partial charge in [-0.2, -0.15) is 5.10 Å². The van der Waals surface area contributed by atoms with Gasteiger partial charge in [-0.25, -0.2) is 4.98 Å². The summed E-state index contributed by atoms with van der Waals surface area (Å²) in [5, 5.41) is 7.83. The number of aryl methyl sites for hydroxylation is 1. The van der Waals surface area contributed by atoms with Crippen LogP contribution in [0, 0.1) is 0 Å². The van der Waals surface area contributed by atoms with E-state index in [0.29, 0.717) is 11.3 Å². The van der Waals surface area contributed by atoms with Crippen molar-refractivity contribution < 1.29 is 4.79 Å². The molecule has 8 heteroatoms. The number of amides is 1. The van der Waals surface area contributed by atoms with Crippen LogP contribution in [0.15, 0.2) is 51.7 Å². The Morgan fingerprint density at radius 2 is 1.93 bits per heavy atom. The molecule has 0 bridgehead atoms. The number of hydrogen-bond acceptors (Lipinski definition) is 4. The number of anilines is 1. The van der Waals surface area contributed by atoms with Crippen LogP contribution < -0.4 is 10.7 Å². The highest BCUT2D eigenvalue weighted by Gasteiger charge is 2.17. The second-order valence-electron chi connectivity index (χ2n) is 7.18. The summed E-state index contributed by atoms with van der Waals surface area (Å²) in [6.45, 7) is 3.97. The SMILES string of the molecule is CC(C)n1nc(CC(=O)Nc2nc3ccccc3n2C)c(=O)c2ccc(Br)cc21. The van der Waals surface area contributed by atoms with Gasteiger partial charge in [0.25, 0.3) is 0 Å². The molecule has 0 unspecified atom stereocenters. The summed E-state index contributed by atoms with van der Waals surface area (Å²) in [5.41, 5.74) is 2.43. The maximum Gasteiger partial charge on any atom is 0.232 e. The van der Waals surface area contributed by atoms with Crippen LogP contribution in [-0.2, 0) is 18.3 Å². The Balaban J connectivity index is 1.69. The first-order valence-electron chi connectivity index (χ1n) is 9.27. The van der Waals surface area contributed by atoms with Gasteiger partial charge < -0.3 is 4.57 Å². The topological polar surface area (TPSA) is 81.8 Å². The normalized spacial score (nSPS) is 11.5. The summed E-state index contributed by atoms with van der Waals surface area (Å²) in [6.07, 6.45) is -0.124. The van der Waals surface area contributed by atoms with Crippen molar-refractivity contribution in [2.45, 2.75) is 26.3 Å². The molecule has 0 saturated carbocycles. The molecule has 2 heterocycles. The summed E-state index contributed by atoms with van der Waals surface area (Å²) in [7, 11) is 1.84. The average molecular weight is 454 g/mol. The number of nitrogens with one attached hydrogen (secondary N) is 1. The number of benzene rings is 2. The highest BCUT2D eigenvalue weighted by atomic mass is 79.9. The predicted molar refractivity (Wildman–Crippen MR) is 117 cm³/mol. The quantitative estimate of drug-likeness (QED) is 0.509. The number of imidazole rings is 1. The Morgan fingerprint density at radius 3 is 2.66 bits per heavy atom. The minimum atomic E-state index is -0.334. The summed E-state index contributed by atoms with van der Waals surface area (Å²) >= 11 is 3.44. The maximum absolute atomic E-state index is 12.9. The number of para-hydroxylation sites is 2. The van der Waals surface area contributed by atoms with E-state index in [4.69, 9.17) is 0 Å². The number of rotatable bonds is 4. The second-order valence-corrected chi connectivity index (χ2v) is 8.10. The highest BCUT2D eigenvalue weighted by molar-refractivity contribution is 9.10. The van der Waals surface area contributed by atoms with Gasteiger partial charge in [-0.15, -0.1) is 0 Å². The molecule has 148 valence electrons. The van der Waals surface area contributed by atoms with E-state index in [1.807, 2.05) is 61.9 Å². The van der Waals surface area contributed by atoms with Crippen LogP contribution in [0.2, 0.25) is 0 Å². The van der Waals surface area contributed by atoms with Crippen LogP contribution in [0.25, 0.3) is 21.9 Å². The van der Waals surface area contributed by atoms with Crippen LogP contribution in [0.1, 0.15) is 25.6 Å². The van der Waals surface area contributed by atoms with Gasteiger partial charge in [0.15, 0.2) is 0 Å². The van der Waals surface area contributed by atoms with Gasteiger partial charge >= 0.3 is 0 Å². The smallest absolute Gasteiger partial charge is 0.232 e. The second kappa shape index (κ2) is 7.44. The van der Waals surface area contributed by atoms with Gasteiger partial charge in [0.05, 0.1) is 23.0 Å². The van der Waals surface area contributed by atoms with Gasteiger partial charge in [-0.05, 0) is 44.2 Å². The number of carbonyl (C=O) groups excluding carboxylic acids is 1. The Morgan fingerprint density at radius 1 is 1.17 bits per heavy atom. The van der Waals surface area contributed by atoms with Crippen molar-refractivity contribution in [1.29, 1.82) is 0 Å². The Labute approximate surface area is 175 Å². The maximum atomic E-state index is 12.9. The molecule has 0 radical (unpaired) electrons. The molecule has 0 aliphatic carbocycles. The molecule has 7 nitrogen and oxygen atoms in total. The van der Waals surface area contributed by atoms with Crippen molar-refractivity contribution in [2.24, 2.45) is 7.05 Å². The molecule has 4 rings (SSSR count). The van der Waals surface area contributed by atoms with E-state index in [2.05, 4.69) is 31.3 Å². The third kappa shape index (κ3) is 3.55. The zero-order valence-corrected chi connectivity index (χ0v) is 17.9. The molecular weight excluding hydrogens is 434 g/mol. The monoisotopic (exact) mass is 453 g/mol. The Hall–Kier alpha value is -3.00. The summed E-state index contributed by atoms with van der Waals surface area (Å²) in [6, 6.07) is 13.1. The minimum Gasteiger partial charge on any atom is -0.313 e. The molecule has 29 heavy (non-hydrogen) atoms. The summed E-state index contributed by atoms with van der Waals surface area (Å²) in [4.78, 5) is 30.0. The fourth-order valence-corrected chi connectivity index (χ4v) is 3.71. The van der Waals surface area contributed by atoms with Crippen LogP contribution >= 0.6 is 15.9 Å². The molecule has 4 aromatic rings. The number of aromatic nitrogens is 4. The Kier molecular flexibility index (Phi) is 4.96. The molecule has 0 fully saturated rings. The van der Waals surface area contributed by atoms with Crippen molar-refractivity contribution >= 4 is 49.7 Å². The lowest BCUT2D eigenvalue weighted by Gasteiger charge is -2.15. The van der Waals surface area contributed by atoms with Gasteiger partial charge in [-0.1, -0.05) is 28.1 Å². The zero-order valence-electron chi connectivity index (χ0n) is 16.3. The highest BCUT2D eigenvalue weighted by Crippen LogP contribution is 2.21. The number of fused-ring (bicyclic) bond motifs is 2. The fourth-order valence-electron chi connectivity index (χ4n) is 3.36. The number of halogens is 1. The van der Waals surface area contributed by atoms with Crippen LogP contribution in [-0.4, -0.2) is 25.2 Å². The number of nitrogens with zero attached hydrogens (tertiary/aromatic N) is 4. The molecule has 1 N–H and O–H groups in total. The third-order valence-electron chi connectivity index (χ3n) is 4.80. The first kappa shape index (κ1) is 19.3. The van der Waals surface area contributed by atoms with Crippen molar-refractivity contribution in [3.8, 4) is 0 Å². The van der Waals surface area contributed by atoms with E-state index >= 15 is 0 Å². The molecule has 0 aliphatic rings. The minimum absolute atomic E-state index is 0.0362. The van der Waals surface area contributed by atoms with Gasteiger partial charge in [0.1, 0.15) is 5.69 Å². The summed E-state index contributed by atoms with van der Waals surface area (Å²) < 4.78 is 4.46. The molecular formula is C21H20BrN5O2. The largest absolute Gasteiger partial charge is 0.313 e. The number of hydrogen-bond donors (Lipinski definition) is 1. The molecule has 0 aliphatic heterocycles. The van der Waals surface area contributed by atoms with Gasteiger partial charge in [0, 0.05) is 22.9 Å². The predicted octanol–water partition coefficient (Wildman–Crippen LogP) is 3.81. The van der Waals surface area contributed by atoms with Crippen molar-refractivity contribution in [1.82, 2.24) is 19.3 Å². The molecule has 1 amide bonds. The van der Waals surface area contributed by atoms with Crippen molar-refractivity contribution in [3.63, 3.8) is 0 Å². The van der Waals surface area contributed by atoms with E-state index in [1.54, 1.807) is 10.7 Å². The molecule has 0 saturated heterocycles. The van der Waals surface area contributed by atoms with E-state index in [0.717, 1.165) is 21.0 Å². The summed E-state index contributed by atoms with van der Waals surface area (Å²) in [5.74, 6) is 0.102. The molecule has 2 aromatic heterocycles. The lowest BCUT2D eigenvalue weighted by molar-refractivity contribution is -0.115. The standard InChI is InChI=1S/C21H20BrN5O2/c1-12(2)27-18-10-13(22)8-9-14(18)20(29)16(25-27)11-19(28)24-21-23-15-6-4-5-7-17(15)26(21)3/h4-10,12H,11H2,1-3H3,(H,23,24,28). The van der Waals surface area contributed by atoms with Gasteiger partial charge in [0.2, 0.25) is 17.3 Å². The van der Waals surface area contributed by atoms with Crippen molar-refractivity contribution in [3.05, 3.63) is 62.9 Å². The lowest BCUT2D eigenvalue weighted by Crippen LogP contribution is -2.26. The van der Waals surface area contributed by atoms with Gasteiger partial charge in [-0.3, -0.25) is 19.6 Å². The van der Waals surface area contributed by atoms with E-state index in [-0.39, 0.29) is 29.5 Å². The first-order valence-corrected chi connectivity index (χ1v) is 10.1. The zero-order chi connectivity index (χ0) is 20.7. The molecule has 0 spiro atoms. The molecule has 2 aromatic carbocycles. The Bertz CT molecular complexity index is 1310. The van der Waals surface area contributed by atoms with Crippen LogP contribution in [0.4, 0.5) is 5.95 Å². The van der Waals surface area contributed by atoms with E-state index < -0.39 is 0 Å². The fraction of sp³-hybridized carbons (Fsp3) is 0.238. The van der Waals surface area contributed by atoms with Crippen LogP contribution in [0.5, 0.6) is 0 Å². The molecule has 0 atom stereocenters. The lowest BCUT2D eigenvalue weighted by atomic mass is 10.1. The number of carbonyl (C=O) groups is 1. The van der Waals surface area contributed by atoms with E-state index in [9.17, 15) is 9.59 Å². The average Bonchev–Trinajstić information content (AvgIpc) is 2.99. The van der Waals surface area contributed by atoms with E-state index in [1.165, 1.54) is 0 Å². The van der Waals surface area contributed by atoms with Crippen molar-refractivity contribution in [2.75, 3.05) is 5.32 Å². The van der Waals surface area contributed by atoms with Crippen LogP contribution in [0.3, 0.4) is 0 Å².